The number of hydrogen-bond donors (Lipinski definition) is 2. The molecule has 0 aliphatic carbocycles. The van der Waals surface area contributed by atoms with Crippen LogP contribution in [0.5, 0.6) is 0 Å². The first-order valence-electron chi connectivity index (χ1n) is 6.48. The second-order valence-electron chi connectivity index (χ2n) is 4.57. The third kappa shape index (κ3) is 6.96. The predicted molar refractivity (Wildman–Crippen MR) is 82.8 cm³/mol. The zero-order chi connectivity index (χ0) is 14.1. The molecule has 1 atom stereocenters. The molecule has 0 radical (unpaired) electrons. The molecule has 1 aromatic rings. The Bertz CT molecular complexity index is 418. The Labute approximate surface area is 118 Å². The molecule has 0 aliphatic rings. The lowest BCUT2D eigenvalue weighted by Gasteiger charge is -2.14. The van der Waals surface area contributed by atoms with Crippen LogP contribution in [0.15, 0.2) is 35.3 Å². The Morgan fingerprint density at radius 1 is 1.32 bits per heavy atom. The van der Waals surface area contributed by atoms with E-state index in [-0.39, 0.29) is 0 Å². The molecule has 0 heterocycles. The van der Waals surface area contributed by atoms with E-state index in [2.05, 4.69) is 29.5 Å². The maximum Gasteiger partial charge on any atom is 0.191 e. The highest BCUT2D eigenvalue weighted by Gasteiger charge is 2.03. The van der Waals surface area contributed by atoms with Gasteiger partial charge in [-0.15, -0.1) is 0 Å². The van der Waals surface area contributed by atoms with E-state index in [1.165, 1.54) is 0 Å². The van der Waals surface area contributed by atoms with E-state index in [4.69, 9.17) is 0 Å². The minimum absolute atomic E-state index is 0.334. The molecule has 0 aliphatic heterocycles. The van der Waals surface area contributed by atoms with Gasteiger partial charge in [-0.25, -0.2) is 0 Å². The van der Waals surface area contributed by atoms with E-state index in [0.717, 1.165) is 11.5 Å². The normalized spacial score (nSPS) is 13.4. The number of nitrogens with zero attached hydrogens (tertiary/aromatic N) is 1. The van der Waals surface area contributed by atoms with Crippen molar-refractivity contribution in [1.82, 2.24) is 10.6 Å². The standard InChI is InChI=1S/C14H23N3OS/c1-12(2)17-14(15-3)16-9-10-19(18)11-13-7-5-4-6-8-13/h4-8,12H,9-11H2,1-3H3,(H2,15,16,17). The molecule has 1 rings (SSSR count). The third-order valence-corrected chi connectivity index (χ3v) is 3.76. The molecule has 4 nitrogen and oxygen atoms in total. The van der Waals surface area contributed by atoms with Gasteiger partial charge in [-0.1, -0.05) is 30.3 Å². The van der Waals surface area contributed by atoms with Crippen molar-refractivity contribution in [2.24, 2.45) is 4.99 Å². The SMILES string of the molecule is CN=C(NCCS(=O)Cc1ccccc1)NC(C)C. The molecule has 2 N–H and O–H groups in total. The Kier molecular flexibility index (Phi) is 7.18. The van der Waals surface area contributed by atoms with Crippen LogP contribution in [0.25, 0.3) is 0 Å². The monoisotopic (exact) mass is 281 g/mol. The van der Waals surface area contributed by atoms with Crippen molar-refractivity contribution in [1.29, 1.82) is 0 Å². The summed E-state index contributed by atoms with van der Waals surface area (Å²) in [5.41, 5.74) is 1.12. The molecule has 0 bridgehead atoms. The molecule has 106 valence electrons. The van der Waals surface area contributed by atoms with Crippen LogP contribution in [0.1, 0.15) is 19.4 Å². The van der Waals surface area contributed by atoms with Crippen molar-refractivity contribution in [3.8, 4) is 0 Å². The maximum atomic E-state index is 11.9. The number of nitrogens with one attached hydrogen (secondary N) is 2. The molecule has 5 heteroatoms. The van der Waals surface area contributed by atoms with Gasteiger partial charge in [0.1, 0.15) is 0 Å². The molecule has 0 saturated heterocycles. The molecule has 0 saturated carbocycles. The Morgan fingerprint density at radius 3 is 2.58 bits per heavy atom. The van der Waals surface area contributed by atoms with Crippen LogP contribution in [0.3, 0.4) is 0 Å². The van der Waals surface area contributed by atoms with Crippen LogP contribution in [0, 0.1) is 0 Å². The Morgan fingerprint density at radius 2 is 2.00 bits per heavy atom. The summed E-state index contributed by atoms with van der Waals surface area (Å²) in [5, 5.41) is 6.36. The van der Waals surface area contributed by atoms with Gasteiger partial charge in [-0.3, -0.25) is 9.20 Å². The van der Waals surface area contributed by atoms with Gasteiger partial charge in [-0.05, 0) is 19.4 Å². The average molecular weight is 281 g/mol. The molecule has 0 amide bonds. The second kappa shape index (κ2) is 8.69. The third-order valence-electron chi connectivity index (χ3n) is 2.44. The van der Waals surface area contributed by atoms with Crippen LogP contribution in [-0.2, 0) is 16.6 Å². The van der Waals surface area contributed by atoms with Gasteiger partial charge in [0, 0.05) is 41.9 Å². The highest BCUT2D eigenvalue weighted by atomic mass is 32.2. The van der Waals surface area contributed by atoms with Crippen LogP contribution in [-0.4, -0.2) is 35.6 Å². The lowest BCUT2D eigenvalue weighted by molar-refractivity contribution is 0.678. The van der Waals surface area contributed by atoms with Crippen molar-refractivity contribution in [3.63, 3.8) is 0 Å². The smallest absolute Gasteiger partial charge is 0.191 e. The van der Waals surface area contributed by atoms with E-state index in [9.17, 15) is 4.21 Å². The van der Waals surface area contributed by atoms with Crippen molar-refractivity contribution in [2.75, 3.05) is 19.3 Å². The summed E-state index contributed by atoms with van der Waals surface area (Å²) < 4.78 is 11.9. The van der Waals surface area contributed by atoms with Gasteiger partial charge in [0.2, 0.25) is 0 Å². The molecule has 1 unspecified atom stereocenters. The van der Waals surface area contributed by atoms with Gasteiger partial charge >= 0.3 is 0 Å². The van der Waals surface area contributed by atoms with Crippen molar-refractivity contribution in [3.05, 3.63) is 35.9 Å². The summed E-state index contributed by atoms with van der Waals surface area (Å²) in [6.07, 6.45) is 0. The minimum Gasteiger partial charge on any atom is -0.355 e. The van der Waals surface area contributed by atoms with Gasteiger partial charge < -0.3 is 10.6 Å². The second-order valence-corrected chi connectivity index (χ2v) is 6.15. The summed E-state index contributed by atoms with van der Waals surface area (Å²) in [5.74, 6) is 1.98. The fourth-order valence-corrected chi connectivity index (χ4v) is 2.62. The minimum atomic E-state index is -0.847. The van der Waals surface area contributed by atoms with E-state index in [1.54, 1.807) is 7.05 Å². The maximum absolute atomic E-state index is 11.9. The highest BCUT2D eigenvalue weighted by Crippen LogP contribution is 2.02. The largest absolute Gasteiger partial charge is 0.355 e. The fourth-order valence-electron chi connectivity index (χ4n) is 1.58. The topological polar surface area (TPSA) is 53.5 Å². The zero-order valence-electron chi connectivity index (χ0n) is 11.8. The highest BCUT2D eigenvalue weighted by molar-refractivity contribution is 7.84. The van der Waals surface area contributed by atoms with Gasteiger partial charge in [0.15, 0.2) is 5.96 Å². The molecule has 1 aromatic carbocycles. The van der Waals surface area contributed by atoms with Gasteiger partial charge in [0.05, 0.1) is 0 Å². The van der Waals surface area contributed by atoms with Gasteiger partial charge in [0.25, 0.3) is 0 Å². The first-order valence-corrected chi connectivity index (χ1v) is 7.96. The molecule has 0 fully saturated rings. The van der Waals surface area contributed by atoms with E-state index in [1.807, 2.05) is 30.3 Å². The quantitative estimate of drug-likeness (QED) is 0.614. The van der Waals surface area contributed by atoms with Crippen molar-refractivity contribution < 1.29 is 4.21 Å². The summed E-state index contributed by atoms with van der Waals surface area (Å²) in [6, 6.07) is 10.3. The number of hydrogen-bond acceptors (Lipinski definition) is 2. The molecule has 0 aromatic heterocycles. The predicted octanol–water partition coefficient (Wildman–Crippen LogP) is 1.51. The summed E-state index contributed by atoms with van der Waals surface area (Å²) in [4.78, 5) is 4.10. The van der Waals surface area contributed by atoms with Crippen LogP contribution >= 0.6 is 0 Å². The lowest BCUT2D eigenvalue weighted by atomic mass is 10.2. The molecule has 0 spiro atoms. The summed E-state index contributed by atoms with van der Waals surface area (Å²) >= 11 is 0. The van der Waals surface area contributed by atoms with E-state index < -0.39 is 10.8 Å². The Balaban J connectivity index is 2.27. The van der Waals surface area contributed by atoms with Crippen LogP contribution in [0.4, 0.5) is 0 Å². The summed E-state index contributed by atoms with van der Waals surface area (Å²) in [6.45, 7) is 4.77. The molecule has 19 heavy (non-hydrogen) atoms. The molecular formula is C14H23N3OS. The van der Waals surface area contributed by atoms with E-state index in [0.29, 0.717) is 24.1 Å². The number of guanidine groups is 1. The number of benzene rings is 1. The fraction of sp³-hybridized carbons (Fsp3) is 0.500. The number of rotatable bonds is 6. The number of aliphatic imine (C=N–C) groups is 1. The zero-order valence-corrected chi connectivity index (χ0v) is 12.7. The first kappa shape index (κ1) is 15.7. The van der Waals surface area contributed by atoms with Crippen molar-refractivity contribution >= 4 is 16.8 Å². The Hall–Kier alpha value is -1.36. The van der Waals surface area contributed by atoms with Crippen LogP contribution in [0.2, 0.25) is 0 Å². The van der Waals surface area contributed by atoms with Gasteiger partial charge in [-0.2, -0.15) is 0 Å². The van der Waals surface area contributed by atoms with E-state index >= 15 is 0 Å². The average Bonchev–Trinajstić information content (AvgIpc) is 2.38. The van der Waals surface area contributed by atoms with Crippen molar-refractivity contribution in [2.45, 2.75) is 25.6 Å². The molecular weight excluding hydrogens is 258 g/mol. The first-order chi connectivity index (χ1) is 9.11. The van der Waals surface area contributed by atoms with Crippen LogP contribution < -0.4 is 10.6 Å². The summed E-state index contributed by atoms with van der Waals surface area (Å²) in [7, 11) is 0.887. The lowest BCUT2D eigenvalue weighted by Crippen LogP contribution is -2.42.